The Labute approximate surface area is 240 Å². The minimum Gasteiger partial charge on any atom is -0.497 e. The number of unbranched alkanes of at least 4 members (excludes halogenated alkanes) is 11. The zero-order valence-electron chi connectivity index (χ0n) is 24.1. The summed E-state index contributed by atoms with van der Waals surface area (Å²) in [6.45, 7) is 3.70. The predicted molar refractivity (Wildman–Crippen MR) is 165 cm³/mol. The number of anilines is 1. The van der Waals surface area contributed by atoms with E-state index in [9.17, 15) is 4.79 Å². The summed E-state index contributed by atoms with van der Waals surface area (Å²) in [7, 11) is 1.65. The first-order valence-electron chi connectivity index (χ1n) is 14.9. The lowest BCUT2D eigenvalue weighted by Crippen LogP contribution is -2.18. The van der Waals surface area contributed by atoms with Gasteiger partial charge in [0.25, 0.3) is 0 Å². The molecule has 1 N–H and O–H groups in total. The van der Waals surface area contributed by atoms with Gasteiger partial charge in [-0.1, -0.05) is 102 Å². The molecule has 0 atom stereocenters. The van der Waals surface area contributed by atoms with Gasteiger partial charge in [0.05, 0.1) is 26.0 Å². The first kappa shape index (κ1) is 30.9. The molecule has 39 heavy (non-hydrogen) atoms. The van der Waals surface area contributed by atoms with Gasteiger partial charge in [0.1, 0.15) is 11.5 Å². The molecule has 1 amide bonds. The normalized spacial score (nSPS) is 12.6. The van der Waals surface area contributed by atoms with E-state index in [1.807, 2.05) is 36.4 Å². The van der Waals surface area contributed by atoms with Gasteiger partial charge in [0.15, 0.2) is 0 Å². The Morgan fingerprint density at radius 2 is 1.59 bits per heavy atom. The molecule has 0 unspecified atom stereocenters. The van der Waals surface area contributed by atoms with Crippen molar-refractivity contribution in [3.8, 4) is 11.5 Å². The van der Waals surface area contributed by atoms with Crippen LogP contribution in [0.1, 0.15) is 95.1 Å². The number of carbonyl (C=O) groups is 1. The highest BCUT2D eigenvalue weighted by Crippen LogP contribution is 2.27. The molecule has 1 aliphatic rings. The monoisotopic (exact) mass is 552 g/mol. The molecule has 0 saturated carbocycles. The third-order valence-electron chi connectivity index (χ3n) is 7.15. The lowest BCUT2D eigenvalue weighted by Gasteiger charge is -2.18. The van der Waals surface area contributed by atoms with Crippen molar-refractivity contribution >= 4 is 23.4 Å². The molecule has 0 saturated heterocycles. The molecule has 0 aromatic heterocycles. The van der Waals surface area contributed by atoms with Crippen LogP contribution in [0.2, 0.25) is 0 Å². The summed E-state index contributed by atoms with van der Waals surface area (Å²) in [5.41, 5.74) is 2.85. The number of carbonyl (C=O) groups excluding carboxylic acids is 1. The minimum atomic E-state index is -0.0471. The fourth-order valence-electron chi connectivity index (χ4n) is 4.84. The fourth-order valence-corrected chi connectivity index (χ4v) is 5.56. The molecule has 0 aliphatic carbocycles. The van der Waals surface area contributed by atoms with E-state index < -0.39 is 0 Å². The predicted octanol–water partition coefficient (Wildman–Crippen LogP) is 8.93. The van der Waals surface area contributed by atoms with Crippen LogP contribution in [0.3, 0.4) is 0 Å². The van der Waals surface area contributed by atoms with E-state index in [0.29, 0.717) is 6.61 Å². The van der Waals surface area contributed by atoms with Gasteiger partial charge in [-0.15, -0.1) is 11.8 Å². The van der Waals surface area contributed by atoms with Crippen molar-refractivity contribution in [2.24, 2.45) is 0 Å². The Hall–Kier alpha value is -2.60. The quantitative estimate of drug-likeness (QED) is 0.166. The molecular formula is C33H48N2O3S. The van der Waals surface area contributed by atoms with E-state index in [1.54, 1.807) is 18.9 Å². The Morgan fingerprint density at radius 1 is 0.897 bits per heavy atom. The smallest absolute Gasteiger partial charge is 0.228 e. The third kappa shape index (κ3) is 12.0. The summed E-state index contributed by atoms with van der Waals surface area (Å²) in [5, 5.41) is 5.22. The lowest BCUT2D eigenvalue weighted by atomic mass is 10.1. The molecule has 1 heterocycles. The van der Waals surface area contributed by atoms with Crippen LogP contribution >= 0.6 is 11.8 Å². The van der Waals surface area contributed by atoms with E-state index in [-0.39, 0.29) is 12.3 Å². The Bertz CT molecular complexity index is 1010. The van der Waals surface area contributed by atoms with Gasteiger partial charge in [-0.05, 0) is 29.5 Å². The van der Waals surface area contributed by atoms with Crippen molar-refractivity contribution in [3.63, 3.8) is 0 Å². The molecule has 0 fully saturated rings. The summed E-state index contributed by atoms with van der Waals surface area (Å²) in [5.74, 6) is 2.37. The highest BCUT2D eigenvalue weighted by molar-refractivity contribution is 8.02. The SMILES string of the molecule is CCCCCCCCCCCCCCOc1cc(OC)ccc1CC(=O)Nc1ccccc1CN1C=CSC1. The van der Waals surface area contributed by atoms with Crippen molar-refractivity contribution in [2.75, 3.05) is 24.9 Å². The van der Waals surface area contributed by atoms with E-state index >= 15 is 0 Å². The second-order valence-corrected chi connectivity index (χ2v) is 11.3. The van der Waals surface area contributed by atoms with Gasteiger partial charge in [-0.25, -0.2) is 0 Å². The molecule has 2 aromatic carbocycles. The largest absolute Gasteiger partial charge is 0.497 e. The van der Waals surface area contributed by atoms with Crippen LogP contribution in [0, 0.1) is 0 Å². The van der Waals surface area contributed by atoms with Crippen molar-refractivity contribution in [3.05, 3.63) is 65.2 Å². The standard InChI is InChI=1S/C33H48N2O3S/c1-3-4-5-6-7-8-9-10-11-12-13-16-22-38-32-25-30(37-2)20-19-28(32)24-33(36)34-31-18-15-14-17-29(31)26-35-21-23-39-27-35/h14-15,17-21,23,25H,3-13,16,22,24,26-27H2,1-2H3,(H,34,36). The van der Waals surface area contributed by atoms with Crippen molar-refractivity contribution in [2.45, 2.75) is 96.9 Å². The van der Waals surface area contributed by atoms with Crippen LogP contribution in [0.5, 0.6) is 11.5 Å². The van der Waals surface area contributed by atoms with Crippen LogP contribution < -0.4 is 14.8 Å². The number of para-hydroxylation sites is 1. The fraction of sp³-hybridized carbons (Fsp3) is 0.545. The highest BCUT2D eigenvalue weighted by Gasteiger charge is 2.14. The summed E-state index contributed by atoms with van der Waals surface area (Å²) in [6, 6.07) is 13.8. The van der Waals surface area contributed by atoms with Crippen LogP contribution in [-0.2, 0) is 17.8 Å². The number of ether oxygens (including phenoxy) is 2. The number of amides is 1. The summed E-state index contributed by atoms with van der Waals surface area (Å²) in [6.07, 6.45) is 18.2. The van der Waals surface area contributed by atoms with Crippen LogP contribution in [-0.4, -0.2) is 30.4 Å². The molecular weight excluding hydrogens is 504 g/mol. The number of thioether (sulfide) groups is 1. The third-order valence-corrected chi connectivity index (χ3v) is 7.95. The zero-order chi connectivity index (χ0) is 27.5. The number of nitrogens with zero attached hydrogens (tertiary/aromatic N) is 1. The lowest BCUT2D eigenvalue weighted by molar-refractivity contribution is -0.115. The van der Waals surface area contributed by atoms with Gasteiger partial charge >= 0.3 is 0 Å². The number of benzene rings is 2. The second-order valence-electron chi connectivity index (χ2n) is 10.4. The Balaban J connectivity index is 1.40. The van der Waals surface area contributed by atoms with Gasteiger partial charge in [0.2, 0.25) is 5.91 Å². The molecule has 1 aliphatic heterocycles. The van der Waals surface area contributed by atoms with Gasteiger partial charge in [-0.2, -0.15) is 0 Å². The molecule has 5 nitrogen and oxygen atoms in total. The summed E-state index contributed by atoms with van der Waals surface area (Å²) < 4.78 is 11.6. The number of hydrogen-bond donors (Lipinski definition) is 1. The maximum Gasteiger partial charge on any atom is 0.228 e. The molecule has 0 bridgehead atoms. The number of nitrogens with one attached hydrogen (secondary N) is 1. The molecule has 3 rings (SSSR count). The van der Waals surface area contributed by atoms with Crippen LogP contribution in [0.25, 0.3) is 0 Å². The molecule has 0 spiro atoms. The molecule has 2 aromatic rings. The van der Waals surface area contributed by atoms with Gasteiger partial charge in [-0.3, -0.25) is 4.79 Å². The maximum atomic E-state index is 13.0. The Morgan fingerprint density at radius 3 is 2.26 bits per heavy atom. The van der Waals surface area contributed by atoms with Crippen LogP contribution in [0.15, 0.2) is 54.1 Å². The Kier molecular flexibility index (Phi) is 14.8. The van der Waals surface area contributed by atoms with E-state index in [0.717, 1.165) is 47.2 Å². The topological polar surface area (TPSA) is 50.8 Å². The highest BCUT2D eigenvalue weighted by atomic mass is 32.2. The number of rotatable bonds is 20. The van der Waals surface area contributed by atoms with E-state index in [4.69, 9.17) is 9.47 Å². The molecule has 214 valence electrons. The summed E-state index contributed by atoms with van der Waals surface area (Å²) >= 11 is 1.78. The van der Waals surface area contributed by atoms with E-state index in [1.165, 1.54) is 70.6 Å². The van der Waals surface area contributed by atoms with Gasteiger partial charge < -0.3 is 19.7 Å². The number of hydrogen-bond acceptors (Lipinski definition) is 5. The second kappa shape index (κ2) is 18.6. The van der Waals surface area contributed by atoms with Gasteiger partial charge in [0, 0.05) is 30.1 Å². The van der Waals surface area contributed by atoms with Crippen molar-refractivity contribution in [1.29, 1.82) is 0 Å². The zero-order valence-corrected chi connectivity index (χ0v) is 24.9. The minimum absolute atomic E-state index is 0.0471. The first-order chi connectivity index (χ1) is 19.2. The maximum absolute atomic E-state index is 13.0. The van der Waals surface area contributed by atoms with Crippen LogP contribution in [0.4, 0.5) is 5.69 Å². The van der Waals surface area contributed by atoms with Crippen molar-refractivity contribution in [1.82, 2.24) is 4.90 Å². The average molecular weight is 553 g/mol. The molecule has 6 heteroatoms. The van der Waals surface area contributed by atoms with Crippen molar-refractivity contribution < 1.29 is 14.3 Å². The number of methoxy groups -OCH3 is 1. The average Bonchev–Trinajstić information content (AvgIpc) is 3.46. The van der Waals surface area contributed by atoms with E-state index in [2.05, 4.69) is 34.8 Å². The summed E-state index contributed by atoms with van der Waals surface area (Å²) in [4.78, 5) is 15.3. The first-order valence-corrected chi connectivity index (χ1v) is 15.9. The molecule has 0 radical (unpaired) electrons.